The molecule has 0 saturated carbocycles. The van der Waals surface area contributed by atoms with Crippen molar-refractivity contribution in [2.45, 2.75) is 30.5 Å². The Morgan fingerprint density at radius 1 is 1.59 bits per heavy atom. The van der Waals surface area contributed by atoms with Crippen LogP contribution in [0, 0.1) is 6.92 Å². The minimum Gasteiger partial charge on any atom is -0.229 e. The Balaban J connectivity index is 2.79. The first-order valence-electron chi connectivity index (χ1n) is 5.01. The third kappa shape index (κ3) is 4.40. The molecule has 0 radical (unpaired) electrons. The van der Waals surface area contributed by atoms with Gasteiger partial charge in [0.15, 0.2) is 8.68 Å². The minimum atomic E-state index is -3.49. The summed E-state index contributed by atoms with van der Waals surface area (Å²) in [5, 5.41) is 0. The Morgan fingerprint density at radius 3 is 2.71 bits per heavy atom. The van der Waals surface area contributed by atoms with E-state index < -0.39 is 10.0 Å². The lowest BCUT2D eigenvalue weighted by Crippen LogP contribution is -2.32. The van der Waals surface area contributed by atoms with E-state index in [4.69, 9.17) is 11.6 Å². The summed E-state index contributed by atoms with van der Waals surface area (Å²) in [6.07, 6.45) is 2.79. The zero-order chi connectivity index (χ0) is 13.1. The quantitative estimate of drug-likeness (QED) is 0.876. The van der Waals surface area contributed by atoms with Gasteiger partial charge in [0.1, 0.15) is 0 Å². The van der Waals surface area contributed by atoms with Gasteiger partial charge in [-0.05, 0) is 32.3 Å². The molecular formula is C9H15ClN2O2S3. The summed E-state index contributed by atoms with van der Waals surface area (Å²) < 4.78 is 27.2. The molecule has 0 aromatic carbocycles. The van der Waals surface area contributed by atoms with Gasteiger partial charge in [-0.1, -0.05) is 22.9 Å². The van der Waals surface area contributed by atoms with Crippen LogP contribution in [-0.2, 0) is 10.0 Å². The van der Waals surface area contributed by atoms with Crippen LogP contribution in [0.5, 0.6) is 0 Å². The Bertz CT molecular complexity index is 473. The van der Waals surface area contributed by atoms with Crippen LogP contribution >= 0.6 is 34.7 Å². The summed E-state index contributed by atoms with van der Waals surface area (Å²) in [7, 11) is -3.49. The molecule has 1 rings (SSSR count). The lowest BCUT2D eigenvalue weighted by Gasteiger charge is -2.12. The molecule has 0 fully saturated rings. The summed E-state index contributed by atoms with van der Waals surface area (Å²) in [5.74, 6) is 0.923. The third-order valence-electron chi connectivity index (χ3n) is 2.08. The van der Waals surface area contributed by atoms with Crippen molar-refractivity contribution < 1.29 is 8.42 Å². The summed E-state index contributed by atoms with van der Waals surface area (Å²) in [5.41, 5.74) is 0.449. The lowest BCUT2D eigenvalue weighted by molar-refractivity contribution is 0.558. The van der Waals surface area contributed by atoms with Crippen molar-refractivity contribution >= 4 is 44.7 Å². The molecule has 1 atom stereocenters. The Labute approximate surface area is 115 Å². The Hall–Kier alpha value is 0.180. The van der Waals surface area contributed by atoms with Crippen molar-refractivity contribution in [1.29, 1.82) is 0 Å². The van der Waals surface area contributed by atoms with Gasteiger partial charge in [0.25, 0.3) is 10.0 Å². The van der Waals surface area contributed by atoms with E-state index in [2.05, 4.69) is 9.71 Å². The second kappa shape index (κ2) is 6.38. The predicted octanol–water partition coefficient (Wildman–Crippen LogP) is 2.52. The number of nitrogens with zero attached hydrogens (tertiary/aromatic N) is 1. The molecule has 1 heterocycles. The lowest BCUT2D eigenvalue weighted by atomic mass is 10.3. The molecule has 1 N–H and O–H groups in total. The molecule has 1 aromatic rings. The van der Waals surface area contributed by atoms with Crippen LogP contribution in [0.15, 0.2) is 4.21 Å². The van der Waals surface area contributed by atoms with Crippen LogP contribution in [0.3, 0.4) is 0 Å². The molecule has 8 heteroatoms. The molecule has 1 aromatic heterocycles. The number of sulfonamides is 1. The highest BCUT2D eigenvalue weighted by Gasteiger charge is 2.23. The number of halogens is 1. The molecule has 0 aliphatic heterocycles. The average molecular weight is 315 g/mol. The first-order chi connectivity index (χ1) is 7.86. The maximum atomic E-state index is 12.0. The molecule has 0 bridgehead atoms. The molecule has 1 unspecified atom stereocenters. The smallest absolute Gasteiger partial charge is 0.229 e. The molecule has 0 aliphatic carbocycles. The molecular weight excluding hydrogens is 300 g/mol. The van der Waals surface area contributed by atoms with Crippen LogP contribution in [0.25, 0.3) is 0 Å². The summed E-state index contributed by atoms with van der Waals surface area (Å²) in [4.78, 5) is 3.91. The number of hydrogen-bond donors (Lipinski definition) is 1. The Kier molecular flexibility index (Phi) is 5.72. The highest BCUT2D eigenvalue weighted by molar-refractivity contribution is 7.98. The van der Waals surface area contributed by atoms with Gasteiger partial charge in [-0.25, -0.2) is 18.1 Å². The number of nitrogens with one attached hydrogen (secondary N) is 1. The third-order valence-corrected chi connectivity index (χ3v) is 6.19. The fourth-order valence-corrected chi connectivity index (χ4v) is 4.89. The predicted molar refractivity (Wildman–Crippen MR) is 74.6 cm³/mol. The average Bonchev–Trinajstić information content (AvgIpc) is 2.55. The zero-order valence-corrected chi connectivity index (χ0v) is 13.1. The van der Waals surface area contributed by atoms with E-state index in [-0.39, 0.29) is 14.7 Å². The first kappa shape index (κ1) is 15.2. The van der Waals surface area contributed by atoms with Gasteiger partial charge in [-0.2, -0.15) is 11.8 Å². The maximum absolute atomic E-state index is 12.0. The van der Waals surface area contributed by atoms with Crippen LogP contribution in [0.4, 0.5) is 0 Å². The van der Waals surface area contributed by atoms with Gasteiger partial charge in [0.05, 0.1) is 5.69 Å². The Morgan fingerprint density at radius 2 is 2.24 bits per heavy atom. The molecule has 17 heavy (non-hydrogen) atoms. The van der Waals surface area contributed by atoms with Crippen LogP contribution in [0.2, 0.25) is 4.47 Å². The minimum absolute atomic E-state index is 0.0901. The number of aryl methyl sites for hydroxylation is 1. The van der Waals surface area contributed by atoms with Crippen LogP contribution in [-0.4, -0.2) is 31.5 Å². The topological polar surface area (TPSA) is 59.1 Å². The number of thioether (sulfide) groups is 1. The fourth-order valence-electron chi connectivity index (χ4n) is 1.27. The van der Waals surface area contributed by atoms with E-state index in [1.807, 2.05) is 13.2 Å². The SMILES string of the molecule is CSCCC(C)NS(=O)(=O)c1sc(Cl)nc1C. The highest BCUT2D eigenvalue weighted by Crippen LogP contribution is 2.26. The van der Waals surface area contributed by atoms with Crippen molar-refractivity contribution in [3.8, 4) is 0 Å². The number of aromatic nitrogens is 1. The van der Waals surface area contributed by atoms with Crippen molar-refractivity contribution in [3.05, 3.63) is 10.2 Å². The summed E-state index contributed by atoms with van der Waals surface area (Å²) in [6.45, 7) is 3.50. The van der Waals surface area contributed by atoms with Crippen molar-refractivity contribution in [3.63, 3.8) is 0 Å². The number of thiazole rings is 1. The van der Waals surface area contributed by atoms with Crippen LogP contribution < -0.4 is 4.72 Å². The van der Waals surface area contributed by atoms with Gasteiger partial charge in [-0.15, -0.1) is 0 Å². The van der Waals surface area contributed by atoms with E-state index in [0.29, 0.717) is 5.69 Å². The van der Waals surface area contributed by atoms with E-state index in [1.165, 1.54) is 0 Å². The van der Waals surface area contributed by atoms with E-state index >= 15 is 0 Å². The van der Waals surface area contributed by atoms with Gasteiger partial charge in [-0.3, -0.25) is 0 Å². The zero-order valence-electron chi connectivity index (χ0n) is 9.86. The van der Waals surface area contributed by atoms with E-state index in [1.54, 1.807) is 18.7 Å². The van der Waals surface area contributed by atoms with Crippen LogP contribution in [0.1, 0.15) is 19.0 Å². The number of hydrogen-bond acceptors (Lipinski definition) is 5. The van der Waals surface area contributed by atoms with Crippen molar-refractivity contribution in [2.75, 3.05) is 12.0 Å². The highest BCUT2D eigenvalue weighted by atomic mass is 35.5. The van der Waals surface area contributed by atoms with E-state index in [0.717, 1.165) is 23.5 Å². The fraction of sp³-hybridized carbons (Fsp3) is 0.667. The molecule has 0 spiro atoms. The largest absolute Gasteiger partial charge is 0.252 e. The normalized spacial score (nSPS) is 13.9. The standard InChI is InChI=1S/C9H15ClN2O2S3/c1-6(4-5-15-3)12-17(13,14)8-7(2)11-9(10)16-8/h6,12H,4-5H2,1-3H3. The van der Waals surface area contributed by atoms with Gasteiger partial charge >= 0.3 is 0 Å². The second-order valence-corrected chi connectivity index (χ2v) is 8.12. The summed E-state index contributed by atoms with van der Waals surface area (Å²) in [6, 6.07) is -0.0901. The molecule has 98 valence electrons. The van der Waals surface area contributed by atoms with Gasteiger partial charge in [0.2, 0.25) is 0 Å². The van der Waals surface area contributed by atoms with Crippen molar-refractivity contribution in [1.82, 2.24) is 9.71 Å². The van der Waals surface area contributed by atoms with E-state index in [9.17, 15) is 8.42 Å². The monoisotopic (exact) mass is 314 g/mol. The number of rotatable bonds is 6. The molecule has 0 amide bonds. The molecule has 0 aliphatic rings. The van der Waals surface area contributed by atoms with Gasteiger partial charge in [0, 0.05) is 6.04 Å². The van der Waals surface area contributed by atoms with Gasteiger partial charge < -0.3 is 0 Å². The molecule has 0 saturated heterocycles. The second-order valence-electron chi connectivity index (χ2n) is 3.64. The molecule has 4 nitrogen and oxygen atoms in total. The van der Waals surface area contributed by atoms with Crippen molar-refractivity contribution in [2.24, 2.45) is 0 Å². The maximum Gasteiger partial charge on any atom is 0.252 e. The summed E-state index contributed by atoms with van der Waals surface area (Å²) >= 11 is 8.38. The first-order valence-corrected chi connectivity index (χ1v) is 9.08.